The number of esters is 1. The Bertz CT molecular complexity index is 1510. The van der Waals surface area contributed by atoms with Gasteiger partial charge in [-0.25, -0.2) is 9.78 Å². The molecule has 34 heavy (non-hydrogen) atoms. The van der Waals surface area contributed by atoms with E-state index in [2.05, 4.69) is 15.3 Å². The van der Waals surface area contributed by atoms with Crippen LogP contribution >= 0.6 is 0 Å². The van der Waals surface area contributed by atoms with Crippen molar-refractivity contribution < 1.29 is 18.7 Å². The summed E-state index contributed by atoms with van der Waals surface area (Å²) in [4.78, 5) is 34.8. The lowest BCUT2D eigenvalue weighted by Gasteiger charge is -2.16. The second kappa shape index (κ2) is 8.78. The van der Waals surface area contributed by atoms with Crippen molar-refractivity contribution in [2.24, 2.45) is 0 Å². The maximum atomic E-state index is 13.0. The molecule has 7 nitrogen and oxygen atoms in total. The van der Waals surface area contributed by atoms with Crippen LogP contribution in [0.4, 0.5) is 5.69 Å². The highest BCUT2D eigenvalue weighted by atomic mass is 16.5. The topological polar surface area (TPSA) is 94.3 Å². The van der Waals surface area contributed by atoms with Crippen LogP contribution in [0.3, 0.4) is 0 Å². The molecule has 0 aliphatic heterocycles. The minimum Gasteiger partial charge on any atom is -0.449 e. The lowest BCUT2D eigenvalue weighted by molar-refractivity contribution is -0.123. The first-order valence-electron chi connectivity index (χ1n) is 10.8. The van der Waals surface area contributed by atoms with Gasteiger partial charge < -0.3 is 14.5 Å². The molecule has 1 amide bonds. The van der Waals surface area contributed by atoms with Crippen molar-refractivity contribution >= 4 is 39.6 Å². The Kier molecular flexibility index (Phi) is 5.51. The number of hydrogen-bond donors (Lipinski definition) is 1. The van der Waals surface area contributed by atoms with Gasteiger partial charge in [0.1, 0.15) is 5.52 Å². The highest BCUT2D eigenvalue weighted by Crippen LogP contribution is 2.28. The number of aryl methyl sites for hydroxylation is 1. The van der Waals surface area contributed by atoms with E-state index >= 15 is 0 Å². The number of amides is 1. The van der Waals surface area contributed by atoms with Crippen molar-refractivity contribution in [2.45, 2.75) is 20.0 Å². The molecule has 0 aliphatic carbocycles. The molecule has 5 aromatic rings. The van der Waals surface area contributed by atoms with Crippen molar-refractivity contribution in [1.82, 2.24) is 9.97 Å². The molecule has 168 valence electrons. The van der Waals surface area contributed by atoms with E-state index in [0.29, 0.717) is 28.2 Å². The quantitative estimate of drug-likeness (QED) is 0.353. The Balaban J connectivity index is 1.37. The number of pyridine rings is 1. The molecule has 0 radical (unpaired) electrons. The number of carbonyl (C=O) groups is 2. The standard InChI is InChI=1S/C27H21N3O4/c1-16-15-23(20-11-5-6-12-21(20)28-16)29-25(31)17(2)33-27(32)19-10-4-3-9-18(19)26-30-22-13-7-8-14-24(22)34-26/h3-15,17H,1-2H3,(H,28,29,31). The SMILES string of the molecule is Cc1cc(NC(=O)C(C)OC(=O)c2ccccc2-c2nc3ccccc3o2)c2ccccc2n1. The number of ether oxygens (including phenoxy) is 1. The van der Waals surface area contributed by atoms with Gasteiger partial charge in [-0.3, -0.25) is 9.78 Å². The van der Waals surface area contributed by atoms with Gasteiger partial charge in [0, 0.05) is 11.1 Å². The Morgan fingerprint density at radius 1 is 0.912 bits per heavy atom. The maximum Gasteiger partial charge on any atom is 0.339 e. The van der Waals surface area contributed by atoms with Crippen molar-refractivity contribution in [1.29, 1.82) is 0 Å². The average Bonchev–Trinajstić information content (AvgIpc) is 3.28. The van der Waals surface area contributed by atoms with E-state index < -0.39 is 18.0 Å². The molecule has 0 fully saturated rings. The molecule has 0 saturated carbocycles. The number of aromatic nitrogens is 2. The minimum atomic E-state index is -1.03. The summed E-state index contributed by atoms with van der Waals surface area (Å²) >= 11 is 0. The fourth-order valence-corrected chi connectivity index (χ4v) is 3.76. The first-order chi connectivity index (χ1) is 16.5. The zero-order chi connectivity index (χ0) is 23.7. The molecule has 3 aromatic carbocycles. The van der Waals surface area contributed by atoms with E-state index in [1.807, 2.05) is 55.5 Å². The Labute approximate surface area is 195 Å². The van der Waals surface area contributed by atoms with Crippen molar-refractivity contribution in [3.63, 3.8) is 0 Å². The molecule has 1 N–H and O–H groups in total. The first-order valence-corrected chi connectivity index (χ1v) is 10.8. The van der Waals surface area contributed by atoms with Crippen LogP contribution in [0.25, 0.3) is 33.5 Å². The molecule has 2 aromatic heterocycles. The Hall–Kier alpha value is -4.52. The predicted octanol–water partition coefficient (Wildman–Crippen LogP) is 5.54. The molecule has 5 rings (SSSR count). The number of nitrogens with zero attached hydrogens (tertiary/aromatic N) is 2. The number of anilines is 1. The number of rotatable bonds is 5. The molecule has 0 saturated heterocycles. The van der Waals surface area contributed by atoms with Crippen LogP contribution in [0.1, 0.15) is 23.0 Å². The molecule has 0 aliphatic rings. The van der Waals surface area contributed by atoms with Crippen LogP contribution in [0.15, 0.2) is 83.3 Å². The molecule has 0 spiro atoms. The summed E-state index contributed by atoms with van der Waals surface area (Å²) in [5, 5.41) is 3.67. The lowest BCUT2D eigenvalue weighted by atomic mass is 10.1. The number of oxazole rings is 1. The van der Waals surface area contributed by atoms with E-state index in [0.717, 1.165) is 16.6 Å². The normalized spacial score (nSPS) is 11.9. The summed E-state index contributed by atoms with van der Waals surface area (Å²) < 4.78 is 11.3. The Morgan fingerprint density at radius 3 is 2.44 bits per heavy atom. The second-order valence-electron chi connectivity index (χ2n) is 7.90. The number of fused-ring (bicyclic) bond motifs is 2. The van der Waals surface area contributed by atoms with E-state index in [1.54, 1.807) is 30.3 Å². The average molecular weight is 451 g/mol. The van der Waals surface area contributed by atoms with Gasteiger partial charge in [-0.05, 0) is 50.2 Å². The van der Waals surface area contributed by atoms with E-state index in [1.165, 1.54) is 6.92 Å². The molecule has 2 heterocycles. The summed E-state index contributed by atoms with van der Waals surface area (Å²) in [7, 11) is 0. The smallest absolute Gasteiger partial charge is 0.339 e. The van der Waals surface area contributed by atoms with E-state index in [9.17, 15) is 9.59 Å². The first kappa shape index (κ1) is 21.3. The number of hydrogen-bond acceptors (Lipinski definition) is 6. The summed E-state index contributed by atoms with van der Waals surface area (Å²) in [6.45, 7) is 3.39. The van der Waals surface area contributed by atoms with Crippen LogP contribution in [0.5, 0.6) is 0 Å². The number of carbonyl (C=O) groups excluding carboxylic acids is 2. The van der Waals surface area contributed by atoms with Gasteiger partial charge in [-0.15, -0.1) is 0 Å². The minimum absolute atomic E-state index is 0.263. The molecule has 1 unspecified atom stereocenters. The zero-order valence-electron chi connectivity index (χ0n) is 18.6. The Morgan fingerprint density at radius 2 is 1.62 bits per heavy atom. The third-order valence-corrected chi connectivity index (χ3v) is 5.43. The number of benzene rings is 3. The molecular formula is C27H21N3O4. The highest BCUT2D eigenvalue weighted by molar-refractivity contribution is 6.04. The summed E-state index contributed by atoms with van der Waals surface area (Å²) in [5.41, 5.74) is 4.22. The fraction of sp³-hybridized carbons (Fsp3) is 0.111. The summed E-state index contributed by atoms with van der Waals surface area (Å²) in [5.74, 6) is -0.774. The molecule has 7 heteroatoms. The molecule has 0 bridgehead atoms. The molecular weight excluding hydrogens is 430 g/mol. The predicted molar refractivity (Wildman–Crippen MR) is 129 cm³/mol. The summed E-state index contributed by atoms with van der Waals surface area (Å²) in [6.07, 6.45) is -1.03. The number of para-hydroxylation sites is 3. The zero-order valence-corrected chi connectivity index (χ0v) is 18.6. The second-order valence-corrected chi connectivity index (χ2v) is 7.90. The highest BCUT2D eigenvalue weighted by Gasteiger charge is 2.23. The maximum absolute atomic E-state index is 13.0. The van der Waals surface area contributed by atoms with E-state index in [4.69, 9.17) is 9.15 Å². The van der Waals surface area contributed by atoms with Crippen LogP contribution in [0, 0.1) is 6.92 Å². The van der Waals surface area contributed by atoms with Crippen molar-refractivity contribution in [2.75, 3.05) is 5.32 Å². The molecule has 1 atom stereocenters. The lowest BCUT2D eigenvalue weighted by Crippen LogP contribution is -2.30. The van der Waals surface area contributed by atoms with Crippen LogP contribution in [0.2, 0.25) is 0 Å². The van der Waals surface area contributed by atoms with Crippen LogP contribution in [-0.2, 0) is 9.53 Å². The van der Waals surface area contributed by atoms with Gasteiger partial charge in [0.25, 0.3) is 5.91 Å². The van der Waals surface area contributed by atoms with Crippen LogP contribution < -0.4 is 5.32 Å². The van der Waals surface area contributed by atoms with Crippen LogP contribution in [-0.4, -0.2) is 27.9 Å². The third-order valence-electron chi connectivity index (χ3n) is 5.43. The van der Waals surface area contributed by atoms with Gasteiger partial charge in [-0.1, -0.05) is 42.5 Å². The van der Waals surface area contributed by atoms with Crippen molar-refractivity contribution in [3.05, 3.63) is 90.1 Å². The van der Waals surface area contributed by atoms with Gasteiger partial charge in [0.2, 0.25) is 5.89 Å². The summed E-state index contributed by atoms with van der Waals surface area (Å²) in [6, 6.07) is 23.5. The van der Waals surface area contributed by atoms with Gasteiger partial charge in [0.05, 0.1) is 22.3 Å². The monoisotopic (exact) mass is 451 g/mol. The number of nitrogens with one attached hydrogen (secondary N) is 1. The third kappa shape index (κ3) is 4.11. The van der Waals surface area contributed by atoms with Gasteiger partial charge >= 0.3 is 5.97 Å². The van der Waals surface area contributed by atoms with Crippen molar-refractivity contribution in [3.8, 4) is 11.5 Å². The fourth-order valence-electron chi connectivity index (χ4n) is 3.76. The largest absolute Gasteiger partial charge is 0.449 e. The van der Waals surface area contributed by atoms with E-state index in [-0.39, 0.29) is 5.56 Å². The van der Waals surface area contributed by atoms with Gasteiger partial charge in [-0.2, -0.15) is 0 Å². The van der Waals surface area contributed by atoms with Gasteiger partial charge in [0.15, 0.2) is 11.7 Å².